The number of thiol groups is 1. The topological polar surface area (TPSA) is 37.3 Å². The van der Waals surface area contributed by atoms with Gasteiger partial charge in [-0.25, -0.2) is 0 Å². The first kappa shape index (κ1) is 12.1. The minimum absolute atomic E-state index is 0.223. The zero-order chi connectivity index (χ0) is 11.3. The molecule has 0 radical (unpaired) electrons. The normalized spacial score (nSPS) is 12.4. The monoisotopic (exact) mass is 224 g/mol. The molecule has 0 saturated carbocycles. The van der Waals surface area contributed by atoms with E-state index in [1.165, 1.54) is 0 Å². The highest BCUT2D eigenvalue weighted by Gasteiger charge is 2.13. The van der Waals surface area contributed by atoms with Crippen molar-refractivity contribution in [3.05, 3.63) is 29.8 Å². The largest absolute Gasteiger partial charge is 0.481 e. The summed E-state index contributed by atoms with van der Waals surface area (Å²) in [6.07, 6.45) is 1.86. The third-order valence-corrected chi connectivity index (χ3v) is 2.98. The fourth-order valence-electron chi connectivity index (χ4n) is 1.71. The number of carbonyl (C=O) groups is 1. The van der Waals surface area contributed by atoms with Crippen molar-refractivity contribution in [2.45, 2.75) is 37.0 Å². The van der Waals surface area contributed by atoms with Crippen LogP contribution in [0.3, 0.4) is 0 Å². The molecule has 1 atom stereocenters. The summed E-state index contributed by atoms with van der Waals surface area (Å²) in [5.41, 5.74) is 1.16. The van der Waals surface area contributed by atoms with E-state index in [9.17, 15) is 4.79 Å². The van der Waals surface area contributed by atoms with Gasteiger partial charge in [0, 0.05) is 11.3 Å². The third kappa shape index (κ3) is 3.59. The molecule has 0 aromatic heterocycles. The lowest BCUT2D eigenvalue weighted by Gasteiger charge is -2.15. The molecule has 0 heterocycles. The van der Waals surface area contributed by atoms with Crippen LogP contribution in [0.4, 0.5) is 0 Å². The first-order valence-electron chi connectivity index (χ1n) is 5.14. The highest BCUT2D eigenvalue weighted by Crippen LogP contribution is 2.29. The third-order valence-electron chi connectivity index (χ3n) is 2.58. The molecule has 0 bridgehead atoms. The van der Waals surface area contributed by atoms with Gasteiger partial charge in [0.25, 0.3) is 0 Å². The lowest BCUT2D eigenvalue weighted by atomic mass is 9.92. The van der Waals surface area contributed by atoms with Crippen molar-refractivity contribution in [3.8, 4) is 0 Å². The van der Waals surface area contributed by atoms with Crippen LogP contribution in [0.15, 0.2) is 29.2 Å². The molecule has 0 aliphatic heterocycles. The number of carboxylic acid groups (broad SMARTS) is 1. The van der Waals surface area contributed by atoms with E-state index in [4.69, 9.17) is 5.11 Å². The molecule has 15 heavy (non-hydrogen) atoms. The van der Waals surface area contributed by atoms with Crippen LogP contribution < -0.4 is 0 Å². The SMILES string of the molecule is CCC(CCC(=O)O)c1ccccc1S. The molecule has 1 rings (SSSR count). The Morgan fingerprint density at radius 2 is 2.13 bits per heavy atom. The number of hydrogen-bond donors (Lipinski definition) is 2. The number of carboxylic acids is 1. The van der Waals surface area contributed by atoms with Crippen molar-refractivity contribution >= 4 is 18.6 Å². The minimum atomic E-state index is -0.731. The molecular formula is C12H16O2S. The summed E-state index contributed by atoms with van der Waals surface area (Å²) >= 11 is 4.39. The van der Waals surface area contributed by atoms with Gasteiger partial charge in [-0.05, 0) is 30.4 Å². The zero-order valence-electron chi connectivity index (χ0n) is 8.81. The van der Waals surface area contributed by atoms with Gasteiger partial charge >= 0.3 is 5.97 Å². The van der Waals surface area contributed by atoms with E-state index in [2.05, 4.69) is 19.6 Å². The quantitative estimate of drug-likeness (QED) is 0.753. The maximum Gasteiger partial charge on any atom is 0.303 e. The van der Waals surface area contributed by atoms with Crippen LogP contribution in [-0.2, 0) is 4.79 Å². The first-order chi connectivity index (χ1) is 7.15. The lowest BCUT2D eigenvalue weighted by molar-refractivity contribution is -0.137. The second-order valence-corrected chi connectivity index (χ2v) is 4.08. The lowest BCUT2D eigenvalue weighted by Crippen LogP contribution is -2.03. The summed E-state index contributed by atoms with van der Waals surface area (Å²) in [6, 6.07) is 7.88. The summed E-state index contributed by atoms with van der Waals surface area (Å²) < 4.78 is 0. The molecule has 82 valence electrons. The molecule has 0 amide bonds. The molecular weight excluding hydrogens is 208 g/mol. The van der Waals surface area contributed by atoms with Gasteiger partial charge < -0.3 is 5.11 Å². The highest BCUT2D eigenvalue weighted by molar-refractivity contribution is 7.80. The van der Waals surface area contributed by atoms with E-state index < -0.39 is 5.97 Å². The van der Waals surface area contributed by atoms with Crippen LogP contribution >= 0.6 is 12.6 Å². The zero-order valence-corrected chi connectivity index (χ0v) is 9.71. The predicted molar refractivity (Wildman–Crippen MR) is 63.6 cm³/mol. The molecule has 1 unspecified atom stereocenters. The van der Waals surface area contributed by atoms with Crippen molar-refractivity contribution in [1.82, 2.24) is 0 Å². The number of hydrogen-bond acceptors (Lipinski definition) is 2. The molecule has 1 aromatic carbocycles. The summed E-state index contributed by atoms with van der Waals surface area (Å²) in [5, 5.41) is 8.65. The molecule has 2 nitrogen and oxygen atoms in total. The molecule has 0 aliphatic carbocycles. The van der Waals surface area contributed by atoms with Gasteiger partial charge in [-0.2, -0.15) is 0 Å². The number of aliphatic carboxylic acids is 1. The molecule has 0 saturated heterocycles. The van der Waals surface area contributed by atoms with Gasteiger partial charge in [-0.3, -0.25) is 4.79 Å². The fourth-order valence-corrected chi connectivity index (χ4v) is 2.05. The average Bonchev–Trinajstić information content (AvgIpc) is 2.21. The van der Waals surface area contributed by atoms with E-state index in [1.807, 2.05) is 24.3 Å². The van der Waals surface area contributed by atoms with Gasteiger partial charge in [0.05, 0.1) is 0 Å². The summed E-state index contributed by atoms with van der Waals surface area (Å²) in [6.45, 7) is 2.08. The Labute approximate surface area is 95.7 Å². The summed E-state index contributed by atoms with van der Waals surface area (Å²) in [4.78, 5) is 11.5. The Balaban J connectivity index is 2.74. The van der Waals surface area contributed by atoms with Crippen molar-refractivity contribution in [3.63, 3.8) is 0 Å². The van der Waals surface area contributed by atoms with Crippen LogP contribution in [0.5, 0.6) is 0 Å². The van der Waals surface area contributed by atoms with Gasteiger partial charge in [0.15, 0.2) is 0 Å². The molecule has 1 aromatic rings. The van der Waals surface area contributed by atoms with Gasteiger partial charge in [-0.1, -0.05) is 25.1 Å². The van der Waals surface area contributed by atoms with Crippen LogP contribution in [0, 0.1) is 0 Å². The molecule has 0 fully saturated rings. The summed E-state index contributed by atoms with van der Waals surface area (Å²) in [5.74, 6) is -0.431. The van der Waals surface area contributed by atoms with Gasteiger partial charge in [0.1, 0.15) is 0 Å². The van der Waals surface area contributed by atoms with E-state index >= 15 is 0 Å². The highest BCUT2D eigenvalue weighted by atomic mass is 32.1. The van der Waals surface area contributed by atoms with E-state index in [1.54, 1.807) is 0 Å². The van der Waals surface area contributed by atoms with Gasteiger partial charge in [0.2, 0.25) is 0 Å². The number of rotatable bonds is 5. The fraction of sp³-hybridized carbons (Fsp3) is 0.417. The standard InChI is InChI=1S/C12H16O2S/c1-2-9(7-8-12(13)14)10-5-3-4-6-11(10)15/h3-6,9,15H,2,7-8H2,1H3,(H,13,14). The van der Waals surface area contributed by atoms with Crippen molar-refractivity contribution < 1.29 is 9.90 Å². The maximum atomic E-state index is 10.5. The second-order valence-electron chi connectivity index (χ2n) is 3.60. The van der Waals surface area contributed by atoms with Crippen LogP contribution in [0.2, 0.25) is 0 Å². The minimum Gasteiger partial charge on any atom is -0.481 e. The average molecular weight is 224 g/mol. The Morgan fingerprint density at radius 1 is 1.47 bits per heavy atom. The Hall–Kier alpha value is -0.960. The Bertz CT molecular complexity index is 336. The molecule has 3 heteroatoms. The Kier molecular flexibility index (Phi) is 4.69. The summed E-state index contributed by atoms with van der Waals surface area (Å²) in [7, 11) is 0. The van der Waals surface area contributed by atoms with E-state index in [0.717, 1.165) is 16.9 Å². The second kappa shape index (κ2) is 5.81. The van der Waals surface area contributed by atoms with E-state index in [0.29, 0.717) is 12.3 Å². The maximum absolute atomic E-state index is 10.5. The predicted octanol–water partition coefficient (Wildman–Crippen LogP) is 3.33. The van der Waals surface area contributed by atoms with Crippen LogP contribution in [0.1, 0.15) is 37.7 Å². The molecule has 0 aliphatic rings. The first-order valence-corrected chi connectivity index (χ1v) is 5.59. The molecule has 0 spiro atoms. The van der Waals surface area contributed by atoms with Crippen molar-refractivity contribution in [2.75, 3.05) is 0 Å². The van der Waals surface area contributed by atoms with E-state index in [-0.39, 0.29) is 6.42 Å². The Morgan fingerprint density at radius 3 is 2.67 bits per heavy atom. The van der Waals surface area contributed by atoms with Crippen LogP contribution in [0.25, 0.3) is 0 Å². The van der Waals surface area contributed by atoms with Crippen molar-refractivity contribution in [2.24, 2.45) is 0 Å². The van der Waals surface area contributed by atoms with Gasteiger partial charge in [-0.15, -0.1) is 12.6 Å². The number of benzene rings is 1. The van der Waals surface area contributed by atoms with Crippen molar-refractivity contribution in [1.29, 1.82) is 0 Å². The van der Waals surface area contributed by atoms with Crippen LogP contribution in [-0.4, -0.2) is 11.1 Å². The smallest absolute Gasteiger partial charge is 0.303 e. The molecule has 1 N–H and O–H groups in total.